The molecule has 5 rings (SSSR count). The van der Waals surface area contributed by atoms with E-state index in [0.717, 1.165) is 62.0 Å². The first-order valence-electron chi connectivity index (χ1n) is 10.1. The maximum absolute atomic E-state index is 7.00. The summed E-state index contributed by atoms with van der Waals surface area (Å²) in [6, 6.07) is 13.2. The highest BCUT2D eigenvalue weighted by molar-refractivity contribution is 6.01. The normalized spacial score (nSPS) is 15.6. The van der Waals surface area contributed by atoms with Crippen LogP contribution in [0.2, 0.25) is 0 Å². The predicted octanol–water partition coefficient (Wildman–Crippen LogP) is 2.82. The summed E-state index contributed by atoms with van der Waals surface area (Å²) < 4.78 is 2.38. The molecule has 1 aliphatic heterocycles. The molecule has 0 unspecified atom stereocenters. The van der Waals surface area contributed by atoms with E-state index in [1.165, 1.54) is 11.1 Å². The summed E-state index contributed by atoms with van der Waals surface area (Å²) in [5.41, 5.74) is 10.4. The summed E-state index contributed by atoms with van der Waals surface area (Å²) in [5, 5.41) is 8.13. The second-order valence-corrected chi connectivity index (χ2v) is 7.33. The van der Waals surface area contributed by atoms with Crippen LogP contribution < -0.4 is 5.73 Å². The molecule has 1 saturated heterocycles. The molecule has 0 aliphatic carbocycles. The minimum Gasteiger partial charge on any atom is -0.400 e. The molecule has 4 heterocycles. The molecule has 4 aromatic rings. The standard InChI is InChI=1S/C21H24N6.CH4O/c22-12-19-25-18-13-24-21-17(6-9-23-21)20(18)27(19)16-7-10-26(11-8-16)14-15-4-2-1-3-5-15;1-2/h1-6,9,13,16H,7-8,10-12,14,22H2,(H,23,24);2H,1H3. The zero-order chi connectivity index (χ0) is 20.2. The van der Waals surface area contributed by atoms with Gasteiger partial charge in [-0.1, -0.05) is 30.3 Å². The van der Waals surface area contributed by atoms with Gasteiger partial charge in [0.25, 0.3) is 0 Å². The fourth-order valence-corrected chi connectivity index (χ4v) is 4.35. The minimum absolute atomic E-state index is 0.432. The van der Waals surface area contributed by atoms with Crippen molar-refractivity contribution in [3.8, 4) is 0 Å². The Bertz CT molecular complexity index is 1060. The molecule has 0 radical (unpaired) electrons. The van der Waals surface area contributed by atoms with Crippen LogP contribution in [0.5, 0.6) is 0 Å². The third-order valence-corrected chi connectivity index (χ3v) is 5.66. The SMILES string of the molecule is CO.NCc1nc2cnc3[nH]ccc3c2n1C1CCN(Cc2ccccc2)CC1. The number of fused-ring (bicyclic) bond motifs is 3. The molecule has 7 heteroatoms. The number of rotatable bonds is 4. The topological polar surface area (TPSA) is 96.0 Å². The molecule has 0 spiro atoms. The second-order valence-electron chi connectivity index (χ2n) is 7.33. The van der Waals surface area contributed by atoms with Crippen molar-refractivity contribution in [1.82, 2.24) is 24.4 Å². The third-order valence-electron chi connectivity index (χ3n) is 5.66. The smallest absolute Gasteiger partial charge is 0.139 e. The van der Waals surface area contributed by atoms with E-state index in [0.29, 0.717) is 12.6 Å². The fraction of sp³-hybridized carbons (Fsp3) is 0.364. The van der Waals surface area contributed by atoms with Gasteiger partial charge in [0.15, 0.2) is 0 Å². The van der Waals surface area contributed by atoms with Crippen molar-refractivity contribution >= 4 is 22.1 Å². The number of likely N-dealkylation sites (tertiary alicyclic amines) is 1. The first-order chi connectivity index (χ1) is 14.3. The average molecular weight is 393 g/mol. The number of pyridine rings is 1. The number of benzene rings is 1. The zero-order valence-corrected chi connectivity index (χ0v) is 16.8. The number of nitrogens with one attached hydrogen (secondary N) is 1. The summed E-state index contributed by atoms with van der Waals surface area (Å²) >= 11 is 0. The highest BCUT2D eigenvalue weighted by atomic mass is 16.2. The monoisotopic (exact) mass is 392 g/mol. The Morgan fingerprint density at radius 1 is 1.14 bits per heavy atom. The number of aliphatic hydroxyl groups excluding tert-OH is 1. The third kappa shape index (κ3) is 3.76. The van der Waals surface area contributed by atoms with E-state index in [2.05, 4.69) is 55.8 Å². The Kier molecular flexibility index (Phi) is 5.89. The van der Waals surface area contributed by atoms with E-state index in [1.54, 1.807) is 0 Å². The number of hydrogen-bond acceptors (Lipinski definition) is 5. The molecule has 1 aliphatic rings. The van der Waals surface area contributed by atoms with Gasteiger partial charge < -0.3 is 20.4 Å². The van der Waals surface area contributed by atoms with Gasteiger partial charge in [-0.3, -0.25) is 4.90 Å². The molecule has 0 amide bonds. The number of aromatic nitrogens is 4. The molecule has 1 aromatic carbocycles. The van der Waals surface area contributed by atoms with E-state index in [9.17, 15) is 0 Å². The Balaban J connectivity index is 0.000000994. The number of hydrogen-bond donors (Lipinski definition) is 3. The molecule has 29 heavy (non-hydrogen) atoms. The maximum Gasteiger partial charge on any atom is 0.139 e. The lowest BCUT2D eigenvalue weighted by atomic mass is 10.0. The van der Waals surface area contributed by atoms with Crippen molar-refractivity contribution in [1.29, 1.82) is 0 Å². The van der Waals surface area contributed by atoms with Gasteiger partial charge in [-0.05, 0) is 24.5 Å². The van der Waals surface area contributed by atoms with E-state index in [1.807, 2.05) is 12.4 Å². The molecular formula is C22H28N6O. The van der Waals surface area contributed by atoms with Crippen molar-refractivity contribution in [3.63, 3.8) is 0 Å². The fourth-order valence-electron chi connectivity index (χ4n) is 4.35. The van der Waals surface area contributed by atoms with Crippen LogP contribution in [0.1, 0.15) is 30.3 Å². The van der Waals surface area contributed by atoms with Crippen molar-refractivity contribution in [2.45, 2.75) is 32.0 Å². The second kappa shape index (κ2) is 8.73. The van der Waals surface area contributed by atoms with Crippen LogP contribution in [0.3, 0.4) is 0 Å². The lowest BCUT2D eigenvalue weighted by Crippen LogP contribution is -2.34. The number of nitrogens with two attached hydrogens (primary N) is 1. The molecule has 152 valence electrons. The predicted molar refractivity (Wildman–Crippen MR) is 115 cm³/mol. The molecular weight excluding hydrogens is 364 g/mol. The van der Waals surface area contributed by atoms with Gasteiger partial charge >= 0.3 is 0 Å². The maximum atomic E-state index is 7.00. The van der Waals surface area contributed by atoms with Crippen molar-refractivity contribution < 1.29 is 5.11 Å². The number of nitrogens with zero attached hydrogens (tertiary/aromatic N) is 4. The molecule has 7 nitrogen and oxygen atoms in total. The first-order valence-corrected chi connectivity index (χ1v) is 10.1. The van der Waals surface area contributed by atoms with Gasteiger partial charge in [0.05, 0.1) is 18.3 Å². The van der Waals surface area contributed by atoms with E-state index >= 15 is 0 Å². The summed E-state index contributed by atoms with van der Waals surface area (Å²) in [6.07, 6.45) is 6.02. The lowest BCUT2D eigenvalue weighted by Gasteiger charge is -2.33. The van der Waals surface area contributed by atoms with E-state index in [4.69, 9.17) is 15.8 Å². The summed E-state index contributed by atoms with van der Waals surface area (Å²) in [5.74, 6) is 0.960. The van der Waals surface area contributed by atoms with Crippen molar-refractivity contribution in [2.24, 2.45) is 5.73 Å². The van der Waals surface area contributed by atoms with Crippen LogP contribution in [0.15, 0.2) is 48.8 Å². The largest absolute Gasteiger partial charge is 0.400 e. The molecule has 3 aromatic heterocycles. The zero-order valence-electron chi connectivity index (χ0n) is 16.8. The Labute approximate surface area is 170 Å². The van der Waals surface area contributed by atoms with Crippen LogP contribution >= 0.6 is 0 Å². The number of aromatic amines is 1. The van der Waals surface area contributed by atoms with Gasteiger partial charge in [-0.15, -0.1) is 0 Å². The summed E-state index contributed by atoms with van der Waals surface area (Å²) in [6.45, 7) is 3.65. The molecule has 0 saturated carbocycles. The van der Waals surface area contributed by atoms with E-state index in [-0.39, 0.29) is 0 Å². The lowest BCUT2D eigenvalue weighted by molar-refractivity contribution is 0.180. The van der Waals surface area contributed by atoms with Gasteiger partial charge in [0.2, 0.25) is 0 Å². The van der Waals surface area contributed by atoms with Gasteiger partial charge in [0, 0.05) is 44.4 Å². The van der Waals surface area contributed by atoms with Crippen molar-refractivity contribution in [3.05, 3.63) is 60.2 Å². The van der Waals surface area contributed by atoms with Crippen molar-refractivity contribution in [2.75, 3.05) is 20.2 Å². The Morgan fingerprint density at radius 3 is 2.62 bits per heavy atom. The van der Waals surface area contributed by atoms with Gasteiger partial charge in [-0.25, -0.2) is 9.97 Å². The number of imidazole rings is 1. The molecule has 0 atom stereocenters. The van der Waals surface area contributed by atoms with Gasteiger partial charge in [-0.2, -0.15) is 0 Å². The van der Waals surface area contributed by atoms with Crippen LogP contribution in [-0.4, -0.2) is 49.7 Å². The first kappa shape index (κ1) is 19.6. The summed E-state index contributed by atoms with van der Waals surface area (Å²) in [4.78, 5) is 15.0. The van der Waals surface area contributed by atoms with Gasteiger partial charge in [0.1, 0.15) is 17.0 Å². The Morgan fingerprint density at radius 2 is 1.90 bits per heavy atom. The van der Waals surface area contributed by atoms with Crippen LogP contribution in [-0.2, 0) is 13.1 Å². The highest BCUT2D eigenvalue weighted by Crippen LogP contribution is 2.32. The quantitative estimate of drug-likeness (QED) is 0.496. The Hall–Kier alpha value is -2.74. The molecule has 4 N–H and O–H groups in total. The number of piperidine rings is 1. The highest BCUT2D eigenvalue weighted by Gasteiger charge is 2.25. The van der Waals surface area contributed by atoms with E-state index < -0.39 is 0 Å². The number of H-pyrrole nitrogens is 1. The molecule has 0 bridgehead atoms. The van der Waals surface area contributed by atoms with Crippen LogP contribution in [0.25, 0.3) is 22.1 Å². The minimum atomic E-state index is 0.432. The molecule has 1 fully saturated rings. The summed E-state index contributed by atoms with van der Waals surface area (Å²) in [7, 11) is 1.00. The average Bonchev–Trinajstić information content (AvgIpc) is 3.40. The number of aliphatic hydroxyl groups is 1. The van der Waals surface area contributed by atoms with Crippen LogP contribution in [0.4, 0.5) is 0 Å². The van der Waals surface area contributed by atoms with Crippen LogP contribution in [0, 0.1) is 0 Å².